The van der Waals surface area contributed by atoms with Crippen molar-refractivity contribution in [3.63, 3.8) is 0 Å². The Morgan fingerprint density at radius 2 is 2.00 bits per heavy atom. The summed E-state index contributed by atoms with van der Waals surface area (Å²) in [5, 5.41) is 11.1. The van der Waals surface area contributed by atoms with E-state index in [1.807, 2.05) is 51.1 Å². The number of hydrogen-bond donors (Lipinski definition) is 2. The van der Waals surface area contributed by atoms with Crippen LogP contribution >= 0.6 is 0 Å². The lowest BCUT2D eigenvalue weighted by molar-refractivity contribution is -0.0426. The van der Waals surface area contributed by atoms with E-state index >= 15 is 0 Å². The Labute approximate surface area is 132 Å². The van der Waals surface area contributed by atoms with Gasteiger partial charge in [-0.3, -0.25) is 0 Å². The first kappa shape index (κ1) is 16.8. The number of benzene rings is 1. The molecule has 1 aromatic rings. The average molecular weight is 306 g/mol. The van der Waals surface area contributed by atoms with Gasteiger partial charge in [-0.2, -0.15) is 0 Å². The molecule has 3 N–H and O–H groups in total. The van der Waals surface area contributed by atoms with Crippen molar-refractivity contribution < 1.29 is 14.6 Å². The summed E-state index contributed by atoms with van der Waals surface area (Å²) in [5.74, 6) is 0. The van der Waals surface area contributed by atoms with Gasteiger partial charge in [-0.05, 0) is 39.2 Å². The lowest BCUT2D eigenvalue weighted by Crippen LogP contribution is -2.54. The minimum atomic E-state index is -1.26. The lowest BCUT2D eigenvalue weighted by Gasteiger charge is -2.39. The molecule has 1 aromatic carbocycles. The molecule has 22 heavy (non-hydrogen) atoms. The van der Waals surface area contributed by atoms with Crippen molar-refractivity contribution >= 4 is 6.09 Å². The second-order valence-corrected chi connectivity index (χ2v) is 6.83. The van der Waals surface area contributed by atoms with Crippen LogP contribution in [0.3, 0.4) is 0 Å². The van der Waals surface area contributed by atoms with E-state index in [4.69, 9.17) is 10.5 Å². The van der Waals surface area contributed by atoms with E-state index in [9.17, 15) is 9.90 Å². The summed E-state index contributed by atoms with van der Waals surface area (Å²) in [7, 11) is 0. The van der Waals surface area contributed by atoms with Crippen LogP contribution < -0.4 is 5.73 Å². The van der Waals surface area contributed by atoms with E-state index in [0.29, 0.717) is 13.0 Å². The highest BCUT2D eigenvalue weighted by Gasteiger charge is 2.46. The van der Waals surface area contributed by atoms with E-state index in [1.54, 1.807) is 4.90 Å². The Bertz CT molecular complexity index is 512. The van der Waals surface area contributed by atoms with E-state index in [1.165, 1.54) is 0 Å². The van der Waals surface area contributed by atoms with Crippen LogP contribution in [0.15, 0.2) is 30.3 Å². The molecule has 1 amide bonds. The summed E-state index contributed by atoms with van der Waals surface area (Å²) in [5.41, 5.74) is 4.80. The number of hydrogen-bond acceptors (Lipinski definition) is 4. The molecule has 5 heteroatoms. The molecule has 1 fully saturated rings. The Balaban J connectivity index is 2.26. The van der Waals surface area contributed by atoms with Gasteiger partial charge in [0.25, 0.3) is 0 Å². The number of likely N-dealkylation sites (tertiary alicyclic amines) is 1. The van der Waals surface area contributed by atoms with Crippen LogP contribution in [0, 0.1) is 0 Å². The van der Waals surface area contributed by atoms with Crippen LogP contribution in [0.25, 0.3) is 0 Å². The van der Waals surface area contributed by atoms with Gasteiger partial charge in [0.15, 0.2) is 0 Å². The number of rotatable bonds is 3. The van der Waals surface area contributed by atoms with Gasteiger partial charge in [0.05, 0.1) is 6.04 Å². The van der Waals surface area contributed by atoms with E-state index < -0.39 is 17.3 Å². The second kappa shape index (κ2) is 6.26. The smallest absolute Gasteiger partial charge is 0.410 e. The number of carbonyl (C=O) groups excluding carboxylic acids is 1. The molecule has 0 aromatic heterocycles. The van der Waals surface area contributed by atoms with Gasteiger partial charge in [-0.15, -0.1) is 0 Å². The molecule has 1 saturated heterocycles. The fourth-order valence-electron chi connectivity index (χ4n) is 2.98. The molecule has 1 aliphatic heterocycles. The van der Waals surface area contributed by atoms with Crippen LogP contribution in [-0.4, -0.2) is 40.8 Å². The number of nitrogens with two attached hydrogens (primary N) is 1. The highest BCUT2D eigenvalue weighted by molar-refractivity contribution is 5.69. The molecular formula is C17H26N2O3. The van der Waals surface area contributed by atoms with Gasteiger partial charge in [0, 0.05) is 13.1 Å². The SMILES string of the molecule is CC(C)(C)OC(=O)N1CCC[C@H]1[C@](O)(CN)c1ccccc1. The van der Waals surface area contributed by atoms with Gasteiger partial charge >= 0.3 is 6.09 Å². The van der Waals surface area contributed by atoms with Crippen LogP contribution in [0.4, 0.5) is 4.79 Å². The van der Waals surface area contributed by atoms with Gasteiger partial charge in [-0.25, -0.2) is 4.79 Å². The number of carbonyl (C=O) groups is 1. The molecule has 0 unspecified atom stereocenters. The summed E-state index contributed by atoms with van der Waals surface area (Å²) >= 11 is 0. The topological polar surface area (TPSA) is 75.8 Å². The molecule has 0 bridgehead atoms. The quantitative estimate of drug-likeness (QED) is 0.898. The summed E-state index contributed by atoms with van der Waals surface area (Å²) < 4.78 is 5.46. The highest BCUT2D eigenvalue weighted by atomic mass is 16.6. The molecule has 0 radical (unpaired) electrons. The summed E-state index contributed by atoms with van der Waals surface area (Å²) in [6.45, 7) is 6.14. The number of ether oxygens (including phenoxy) is 1. The molecule has 1 heterocycles. The fourth-order valence-corrected chi connectivity index (χ4v) is 2.98. The minimum Gasteiger partial charge on any atom is -0.444 e. The summed E-state index contributed by atoms with van der Waals surface area (Å²) in [6, 6.07) is 8.94. The van der Waals surface area contributed by atoms with E-state index in [-0.39, 0.29) is 12.6 Å². The normalized spacial score (nSPS) is 21.5. The maximum atomic E-state index is 12.4. The largest absolute Gasteiger partial charge is 0.444 e. The van der Waals surface area contributed by atoms with Crippen molar-refractivity contribution in [3.8, 4) is 0 Å². The van der Waals surface area contributed by atoms with E-state index in [2.05, 4.69) is 0 Å². The summed E-state index contributed by atoms with van der Waals surface area (Å²) in [6.07, 6.45) is 1.15. The molecule has 0 spiro atoms. The molecule has 1 aliphatic rings. The first-order chi connectivity index (χ1) is 10.3. The Morgan fingerprint density at radius 3 is 2.55 bits per heavy atom. The van der Waals surface area contributed by atoms with Crippen molar-refractivity contribution in [1.82, 2.24) is 4.90 Å². The van der Waals surface area contributed by atoms with Crippen molar-refractivity contribution in [2.75, 3.05) is 13.1 Å². The molecule has 2 rings (SSSR count). The zero-order valence-corrected chi connectivity index (χ0v) is 13.6. The third-order valence-electron chi connectivity index (χ3n) is 4.02. The molecule has 0 saturated carbocycles. The Hall–Kier alpha value is -1.59. The van der Waals surface area contributed by atoms with Crippen LogP contribution in [0.5, 0.6) is 0 Å². The predicted octanol–water partition coefficient (Wildman–Crippen LogP) is 2.23. The van der Waals surface area contributed by atoms with Crippen LogP contribution in [0.1, 0.15) is 39.2 Å². The number of aliphatic hydroxyl groups is 1. The molecule has 5 nitrogen and oxygen atoms in total. The highest BCUT2D eigenvalue weighted by Crippen LogP contribution is 2.35. The van der Waals surface area contributed by atoms with Gasteiger partial charge in [0.2, 0.25) is 0 Å². The van der Waals surface area contributed by atoms with E-state index in [0.717, 1.165) is 12.0 Å². The van der Waals surface area contributed by atoms with Crippen molar-refractivity contribution in [2.45, 2.75) is 50.9 Å². The van der Waals surface area contributed by atoms with Crippen LogP contribution in [-0.2, 0) is 10.3 Å². The predicted molar refractivity (Wildman–Crippen MR) is 85.4 cm³/mol. The van der Waals surface area contributed by atoms with Crippen LogP contribution in [0.2, 0.25) is 0 Å². The molecular weight excluding hydrogens is 280 g/mol. The molecule has 2 atom stereocenters. The number of amides is 1. The lowest BCUT2D eigenvalue weighted by atomic mass is 9.85. The maximum absolute atomic E-state index is 12.4. The van der Waals surface area contributed by atoms with Crippen molar-refractivity contribution in [3.05, 3.63) is 35.9 Å². The first-order valence-corrected chi connectivity index (χ1v) is 7.75. The summed E-state index contributed by atoms with van der Waals surface area (Å²) in [4.78, 5) is 14.0. The maximum Gasteiger partial charge on any atom is 0.410 e. The zero-order valence-electron chi connectivity index (χ0n) is 13.6. The van der Waals surface area contributed by atoms with Gasteiger partial charge < -0.3 is 20.5 Å². The second-order valence-electron chi connectivity index (χ2n) is 6.83. The fraction of sp³-hybridized carbons (Fsp3) is 0.588. The third kappa shape index (κ3) is 3.42. The Morgan fingerprint density at radius 1 is 1.36 bits per heavy atom. The van der Waals surface area contributed by atoms with Crippen molar-refractivity contribution in [2.24, 2.45) is 5.73 Å². The molecule has 0 aliphatic carbocycles. The van der Waals surface area contributed by atoms with Gasteiger partial charge in [0.1, 0.15) is 11.2 Å². The van der Waals surface area contributed by atoms with Crippen molar-refractivity contribution in [1.29, 1.82) is 0 Å². The Kier molecular flexibility index (Phi) is 4.78. The zero-order chi connectivity index (χ0) is 16.4. The van der Waals surface area contributed by atoms with Gasteiger partial charge in [-0.1, -0.05) is 30.3 Å². The minimum absolute atomic E-state index is 0.0565. The third-order valence-corrected chi connectivity index (χ3v) is 4.02. The average Bonchev–Trinajstić information content (AvgIpc) is 2.95. The standard InChI is InChI=1S/C17H26N2O3/c1-16(2,3)22-15(20)19-11-7-10-14(19)17(21,12-18)13-8-5-4-6-9-13/h4-6,8-9,14,21H,7,10-12,18H2,1-3H3/t14-,17-/m0/s1. The number of nitrogens with zero attached hydrogens (tertiary/aromatic N) is 1. The molecule has 122 valence electrons. The monoisotopic (exact) mass is 306 g/mol. The first-order valence-electron chi connectivity index (χ1n) is 7.75.